The van der Waals surface area contributed by atoms with Gasteiger partial charge >= 0.3 is 5.69 Å². The van der Waals surface area contributed by atoms with Gasteiger partial charge in [-0.25, -0.2) is 19.9 Å². The minimum absolute atomic E-state index is 0. The van der Waals surface area contributed by atoms with Crippen LogP contribution in [0, 0.1) is 26.0 Å². The summed E-state index contributed by atoms with van der Waals surface area (Å²) in [7, 11) is 18.7. The average Bonchev–Trinajstić information content (AvgIpc) is 3.89. The van der Waals surface area contributed by atoms with Gasteiger partial charge in [0.1, 0.15) is 17.2 Å². The second-order valence-electron chi connectivity index (χ2n) is 16.8. The smallest absolute Gasteiger partial charge is 0.307 e. The number of nitro benzene ring substituents is 2. The summed E-state index contributed by atoms with van der Waals surface area (Å²) >= 11 is 0. The third kappa shape index (κ3) is 13.3. The van der Waals surface area contributed by atoms with Crippen LogP contribution >= 0.6 is 0 Å². The van der Waals surface area contributed by atoms with E-state index in [2.05, 4.69) is 71.6 Å². The number of hydrogen-bond acceptors (Lipinski definition) is 16. The van der Waals surface area contributed by atoms with Crippen molar-refractivity contribution in [3.63, 3.8) is 0 Å². The zero-order chi connectivity index (χ0) is 51.4. The molecule has 0 aliphatic heterocycles. The van der Waals surface area contributed by atoms with Crippen LogP contribution in [0.4, 0.5) is 44.7 Å². The first-order chi connectivity index (χ1) is 34.0. The van der Waals surface area contributed by atoms with E-state index in [4.69, 9.17) is 9.47 Å². The summed E-state index contributed by atoms with van der Waals surface area (Å²) < 4.78 is 28.6. The molecule has 72 heavy (non-hydrogen) atoms. The van der Waals surface area contributed by atoms with Crippen molar-refractivity contribution < 1.29 is 23.7 Å². The molecule has 0 saturated carbocycles. The average molecular weight is 987 g/mol. The van der Waals surface area contributed by atoms with Crippen molar-refractivity contribution in [1.29, 1.82) is 0 Å². The van der Waals surface area contributed by atoms with Gasteiger partial charge in [0.15, 0.2) is 0 Å². The standard InChI is InChI=1S/C25H29N7O3.C20H16FN5O3.C5H14N2.CH4/c1-29(2)12-13-30(3)22-15-24(35-5)20(14-23(22)32(33)34)28-25-26-11-10-19(27-25)18-16-31(4)21-9-7-6-8-17(18)21;1-25-11-13(12-5-3-4-6-17(12)25)15-7-8-22-20(23-15)24-16-10-18(26(27)28)14(21)9-19(16)29-2;1-6-4-5-7(2)3;/h6-11,14-16H,12-13H2,1-5H3,(H,26,27,28);3-11H,1-2H3,(H,22,23,24);6H,4-5H2,1-3H3;1H4. The lowest BCUT2D eigenvalue weighted by atomic mass is 10.1. The molecule has 0 bridgehead atoms. The Kier molecular flexibility index (Phi) is 19.0. The molecule has 380 valence electrons. The Balaban J connectivity index is 0.000000236. The Bertz CT molecular complexity index is 3120. The topological polar surface area (TPSA) is 212 Å². The van der Waals surface area contributed by atoms with Gasteiger partial charge in [0.25, 0.3) is 5.69 Å². The monoisotopic (exact) mass is 987 g/mol. The lowest BCUT2D eigenvalue weighted by Crippen LogP contribution is -2.28. The van der Waals surface area contributed by atoms with Crippen LogP contribution in [0.1, 0.15) is 7.43 Å². The van der Waals surface area contributed by atoms with E-state index in [1.165, 1.54) is 20.3 Å². The molecule has 0 atom stereocenters. The van der Waals surface area contributed by atoms with Crippen LogP contribution in [0.25, 0.3) is 44.3 Å². The van der Waals surface area contributed by atoms with Gasteiger partial charge < -0.3 is 49.3 Å². The number of nitrogens with zero attached hydrogens (tertiary/aromatic N) is 11. The van der Waals surface area contributed by atoms with Gasteiger partial charge in [0.05, 0.1) is 46.8 Å². The first-order valence-corrected chi connectivity index (χ1v) is 22.4. The van der Waals surface area contributed by atoms with E-state index in [0.717, 1.165) is 70.4 Å². The van der Waals surface area contributed by atoms with Crippen molar-refractivity contribution in [1.82, 2.24) is 44.2 Å². The largest absolute Gasteiger partial charge is 0.494 e. The van der Waals surface area contributed by atoms with E-state index < -0.39 is 16.4 Å². The van der Waals surface area contributed by atoms with Gasteiger partial charge in [0.2, 0.25) is 17.7 Å². The number of aromatic nitrogens is 6. The minimum Gasteiger partial charge on any atom is -0.494 e. The molecular weight excluding hydrogens is 924 g/mol. The first kappa shape index (κ1) is 54.7. The highest BCUT2D eigenvalue weighted by atomic mass is 19.1. The number of likely N-dealkylation sites (N-methyl/N-ethyl adjacent to an activating group) is 4. The zero-order valence-electron chi connectivity index (χ0n) is 41.5. The molecule has 8 rings (SSSR count). The summed E-state index contributed by atoms with van der Waals surface area (Å²) in [5, 5.41) is 34.1. The quantitative estimate of drug-likeness (QED) is 0.0573. The summed E-state index contributed by atoms with van der Waals surface area (Å²) in [6, 6.07) is 24.8. The molecule has 0 fully saturated rings. The molecule has 20 nitrogen and oxygen atoms in total. The van der Waals surface area contributed by atoms with E-state index in [1.54, 1.807) is 24.5 Å². The lowest BCUT2D eigenvalue weighted by molar-refractivity contribution is -0.387. The van der Waals surface area contributed by atoms with Crippen molar-refractivity contribution in [2.45, 2.75) is 7.43 Å². The number of methoxy groups -OCH3 is 2. The van der Waals surface area contributed by atoms with Crippen LogP contribution in [-0.4, -0.2) is 131 Å². The Morgan fingerprint density at radius 2 is 1.11 bits per heavy atom. The second kappa shape index (κ2) is 25.0. The normalized spacial score (nSPS) is 10.8. The summed E-state index contributed by atoms with van der Waals surface area (Å²) in [4.78, 5) is 45.5. The Hall–Kier alpha value is -8.27. The molecule has 0 spiro atoms. The van der Waals surface area contributed by atoms with Gasteiger partial charge in [-0.15, -0.1) is 0 Å². The van der Waals surface area contributed by atoms with E-state index in [-0.39, 0.29) is 35.4 Å². The number of ether oxygens (including phenoxy) is 2. The number of nitrogens with one attached hydrogen (secondary N) is 3. The number of hydrogen-bond donors (Lipinski definition) is 3. The predicted octanol–water partition coefficient (Wildman–Crippen LogP) is 9.13. The second-order valence-corrected chi connectivity index (χ2v) is 16.8. The van der Waals surface area contributed by atoms with Crippen molar-refractivity contribution >= 4 is 62.1 Å². The minimum atomic E-state index is -0.983. The molecule has 4 aromatic heterocycles. The van der Waals surface area contributed by atoms with E-state index >= 15 is 0 Å². The highest BCUT2D eigenvalue weighted by Crippen LogP contribution is 2.40. The molecule has 0 saturated heterocycles. The number of rotatable bonds is 17. The Morgan fingerprint density at radius 3 is 1.54 bits per heavy atom. The number of aryl methyl sites for hydroxylation is 2. The van der Waals surface area contributed by atoms with Gasteiger partial charge in [-0.05, 0) is 59.5 Å². The highest BCUT2D eigenvalue weighted by Gasteiger charge is 2.23. The molecule has 8 aromatic rings. The third-order valence-electron chi connectivity index (χ3n) is 11.2. The van der Waals surface area contributed by atoms with Crippen LogP contribution in [-0.2, 0) is 14.1 Å². The van der Waals surface area contributed by atoms with Crippen molar-refractivity contribution in [2.75, 3.05) is 98.2 Å². The maximum atomic E-state index is 13.9. The molecule has 4 aromatic carbocycles. The summed E-state index contributed by atoms with van der Waals surface area (Å²) in [5.74, 6) is 0.0999. The van der Waals surface area contributed by atoms with Gasteiger partial charge in [-0.2, -0.15) is 4.39 Å². The maximum absolute atomic E-state index is 13.9. The number of benzene rings is 4. The molecular formula is C51H63FN14O6. The van der Waals surface area contributed by atoms with Crippen LogP contribution < -0.4 is 30.3 Å². The van der Waals surface area contributed by atoms with Crippen LogP contribution in [0.5, 0.6) is 11.5 Å². The number of para-hydroxylation sites is 2. The predicted molar refractivity (Wildman–Crippen MR) is 285 cm³/mol. The number of fused-ring (bicyclic) bond motifs is 2. The fraction of sp³-hybridized carbons (Fsp3) is 0.294. The molecule has 4 heterocycles. The fourth-order valence-electron chi connectivity index (χ4n) is 7.50. The molecule has 0 aliphatic rings. The highest BCUT2D eigenvalue weighted by molar-refractivity contribution is 5.96. The van der Waals surface area contributed by atoms with E-state index in [0.29, 0.717) is 35.3 Å². The zero-order valence-corrected chi connectivity index (χ0v) is 41.5. The number of halogens is 1. The van der Waals surface area contributed by atoms with Crippen molar-refractivity contribution in [2.24, 2.45) is 14.1 Å². The number of nitro groups is 2. The fourth-order valence-corrected chi connectivity index (χ4v) is 7.50. The molecule has 0 radical (unpaired) electrons. The molecule has 21 heteroatoms. The lowest BCUT2D eigenvalue weighted by Gasteiger charge is -2.22. The molecule has 3 N–H and O–H groups in total. The SMILES string of the molecule is C.CNCCN(C)C.COc1cc(F)c([N+](=O)[O-])cc1Nc1nccc(-c2cn(C)c3ccccc23)n1.COc1cc(N(C)CCN(C)C)c([N+](=O)[O-])cc1Nc1nccc(-c2cn(C)c3ccccc23)n1. The van der Waals surface area contributed by atoms with Crippen LogP contribution in [0.15, 0.2) is 110 Å². The molecule has 0 amide bonds. The Labute approximate surface area is 418 Å². The van der Waals surface area contributed by atoms with Gasteiger partial charge in [-0.1, -0.05) is 43.8 Å². The third-order valence-corrected chi connectivity index (χ3v) is 11.2. The van der Waals surface area contributed by atoms with Crippen molar-refractivity contribution in [3.8, 4) is 34.0 Å². The molecule has 0 aliphatic carbocycles. The summed E-state index contributed by atoms with van der Waals surface area (Å²) in [6.45, 7) is 3.58. The molecule has 0 unspecified atom stereocenters. The van der Waals surface area contributed by atoms with Crippen LogP contribution in [0.3, 0.4) is 0 Å². The van der Waals surface area contributed by atoms with Gasteiger partial charge in [0, 0.05) is 129 Å². The summed E-state index contributed by atoms with van der Waals surface area (Å²) in [5.41, 5.74) is 5.86. The maximum Gasteiger partial charge on any atom is 0.307 e. The van der Waals surface area contributed by atoms with Crippen molar-refractivity contribution in [3.05, 3.63) is 136 Å². The van der Waals surface area contributed by atoms with Crippen LogP contribution in [0.2, 0.25) is 0 Å². The Morgan fingerprint density at radius 1 is 0.653 bits per heavy atom. The summed E-state index contributed by atoms with van der Waals surface area (Å²) in [6.07, 6.45) is 7.24. The van der Waals surface area contributed by atoms with E-state index in [1.807, 2.05) is 112 Å². The van der Waals surface area contributed by atoms with Gasteiger partial charge in [-0.3, -0.25) is 20.2 Å². The number of anilines is 5. The first-order valence-electron chi connectivity index (χ1n) is 22.4. The van der Waals surface area contributed by atoms with E-state index in [9.17, 15) is 24.6 Å².